The van der Waals surface area contributed by atoms with Crippen LogP contribution >= 0.6 is 11.8 Å². The van der Waals surface area contributed by atoms with Gasteiger partial charge in [0.1, 0.15) is 23.1 Å². The molecule has 5 heteroatoms. The number of fused-ring (bicyclic) bond motifs is 1. The summed E-state index contributed by atoms with van der Waals surface area (Å²) in [4.78, 5) is 16.5. The molecule has 1 aromatic rings. The Labute approximate surface area is 129 Å². The van der Waals surface area contributed by atoms with Gasteiger partial charge in [0.2, 0.25) is 5.91 Å². The van der Waals surface area contributed by atoms with Crippen LogP contribution in [0.1, 0.15) is 32.1 Å². The molecule has 0 aromatic heterocycles. The van der Waals surface area contributed by atoms with Crippen molar-refractivity contribution in [3.8, 4) is 5.75 Å². The first-order valence-corrected chi connectivity index (χ1v) is 8.51. The van der Waals surface area contributed by atoms with E-state index in [0.717, 1.165) is 29.3 Å². The number of hydrogen-bond acceptors (Lipinski definition) is 4. The van der Waals surface area contributed by atoms with Crippen LogP contribution in [0.3, 0.4) is 0 Å². The van der Waals surface area contributed by atoms with Crippen molar-refractivity contribution >= 4 is 28.4 Å². The Balaban J connectivity index is 1.49. The first kappa shape index (κ1) is 14.4. The van der Waals surface area contributed by atoms with Crippen molar-refractivity contribution in [2.24, 2.45) is 4.99 Å². The highest BCUT2D eigenvalue weighted by Gasteiger charge is 2.17. The number of amides is 1. The smallest absolute Gasteiger partial charge is 0.230 e. The van der Waals surface area contributed by atoms with Crippen molar-refractivity contribution < 1.29 is 9.53 Å². The fourth-order valence-electron chi connectivity index (χ4n) is 2.72. The summed E-state index contributed by atoms with van der Waals surface area (Å²) in [7, 11) is 0. The lowest BCUT2D eigenvalue weighted by atomic mass is 9.95. The van der Waals surface area contributed by atoms with Gasteiger partial charge in [-0.25, -0.2) is 4.99 Å². The molecule has 1 amide bonds. The number of carbonyl (C=O) groups is 1. The number of nitrogens with one attached hydrogen (secondary N) is 1. The van der Waals surface area contributed by atoms with E-state index in [1.54, 1.807) is 0 Å². The topological polar surface area (TPSA) is 50.7 Å². The molecule has 0 saturated heterocycles. The van der Waals surface area contributed by atoms with E-state index in [0.29, 0.717) is 18.4 Å². The molecule has 0 spiro atoms. The molecule has 1 N–H and O–H groups in total. The lowest BCUT2D eigenvalue weighted by molar-refractivity contribution is -0.119. The van der Waals surface area contributed by atoms with Crippen molar-refractivity contribution in [1.82, 2.24) is 5.32 Å². The number of ether oxygens (including phenoxy) is 1. The number of carbonyl (C=O) groups excluding carboxylic acids is 1. The van der Waals surface area contributed by atoms with E-state index < -0.39 is 0 Å². The molecular formula is C16H20N2O2S. The minimum absolute atomic E-state index is 0.105. The minimum Gasteiger partial charge on any atom is -0.484 e. The summed E-state index contributed by atoms with van der Waals surface area (Å²) in [5, 5.41) is 3.99. The van der Waals surface area contributed by atoms with E-state index in [1.165, 1.54) is 31.0 Å². The highest BCUT2D eigenvalue weighted by atomic mass is 32.2. The maximum absolute atomic E-state index is 12.0. The van der Waals surface area contributed by atoms with Crippen LogP contribution in [0.4, 0.5) is 5.69 Å². The number of aliphatic imine (C=N–C) groups is 1. The lowest BCUT2D eigenvalue weighted by Crippen LogP contribution is -2.37. The average Bonchev–Trinajstić information content (AvgIpc) is 2.54. The maximum Gasteiger partial charge on any atom is 0.230 e. The van der Waals surface area contributed by atoms with Gasteiger partial charge in [0, 0.05) is 6.04 Å². The van der Waals surface area contributed by atoms with Gasteiger partial charge in [-0.05, 0) is 25.0 Å². The number of benzene rings is 1. The highest BCUT2D eigenvalue weighted by molar-refractivity contribution is 8.14. The summed E-state index contributed by atoms with van der Waals surface area (Å²) in [5.41, 5.74) is 0.846. The third-order valence-electron chi connectivity index (χ3n) is 3.80. The molecule has 1 aromatic carbocycles. The monoisotopic (exact) mass is 304 g/mol. The largest absolute Gasteiger partial charge is 0.484 e. The fourth-order valence-corrected chi connectivity index (χ4v) is 3.40. The molecule has 112 valence electrons. The van der Waals surface area contributed by atoms with Crippen LogP contribution in [0.2, 0.25) is 0 Å². The standard InChI is InChI=1S/C16H20N2O2S/c19-15(17-12-6-2-1-3-7-12)11-21-16-10-20-14-9-5-4-8-13(14)18-16/h4-5,8-9,12H,1-3,6-7,10-11H2,(H,17,19). The SMILES string of the molecule is O=C(CSC1=Nc2ccccc2OC1)NC1CCCCC1. The third kappa shape index (κ3) is 4.00. The molecule has 1 aliphatic carbocycles. The molecule has 0 unspecified atom stereocenters. The highest BCUT2D eigenvalue weighted by Crippen LogP contribution is 2.31. The van der Waals surface area contributed by atoms with Gasteiger partial charge >= 0.3 is 0 Å². The summed E-state index contributed by atoms with van der Waals surface area (Å²) in [6.07, 6.45) is 6.00. The number of para-hydroxylation sites is 2. The molecular weight excluding hydrogens is 284 g/mol. The van der Waals surface area contributed by atoms with E-state index in [2.05, 4.69) is 10.3 Å². The average molecular weight is 304 g/mol. The molecule has 0 radical (unpaired) electrons. The minimum atomic E-state index is 0.105. The normalized spacial score (nSPS) is 18.4. The molecule has 1 heterocycles. The molecule has 21 heavy (non-hydrogen) atoms. The van der Waals surface area contributed by atoms with Crippen molar-refractivity contribution in [2.75, 3.05) is 12.4 Å². The van der Waals surface area contributed by atoms with Crippen molar-refractivity contribution in [3.63, 3.8) is 0 Å². The third-order valence-corrected chi connectivity index (χ3v) is 4.75. The Morgan fingerprint density at radius 1 is 1.29 bits per heavy atom. The van der Waals surface area contributed by atoms with E-state index in [-0.39, 0.29) is 5.91 Å². The van der Waals surface area contributed by atoms with Gasteiger partial charge in [0.25, 0.3) is 0 Å². The summed E-state index contributed by atoms with van der Waals surface area (Å²) in [5.74, 6) is 1.34. The molecule has 4 nitrogen and oxygen atoms in total. The quantitative estimate of drug-likeness (QED) is 0.932. The van der Waals surface area contributed by atoms with Crippen LogP contribution in [0, 0.1) is 0 Å². The van der Waals surface area contributed by atoms with Gasteiger partial charge < -0.3 is 10.1 Å². The number of rotatable bonds is 3. The molecule has 1 fully saturated rings. The summed E-state index contributed by atoms with van der Waals surface area (Å²) in [6.45, 7) is 0.457. The Morgan fingerprint density at radius 3 is 2.95 bits per heavy atom. The Hall–Kier alpha value is -1.49. The molecule has 2 aliphatic rings. The predicted molar refractivity (Wildman–Crippen MR) is 86.5 cm³/mol. The second kappa shape index (κ2) is 6.98. The van der Waals surface area contributed by atoms with Gasteiger partial charge in [0.05, 0.1) is 5.75 Å². The van der Waals surface area contributed by atoms with Gasteiger partial charge in [-0.1, -0.05) is 43.2 Å². The number of thioether (sulfide) groups is 1. The zero-order chi connectivity index (χ0) is 14.5. The number of nitrogens with zero attached hydrogens (tertiary/aromatic N) is 1. The Morgan fingerprint density at radius 2 is 2.10 bits per heavy atom. The first-order chi connectivity index (χ1) is 10.3. The summed E-state index contributed by atoms with van der Waals surface area (Å²) < 4.78 is 5.63. The van der Waals surface area contributed by atoms with E-state index in [4.69, 9.17) is 4.74 Å². The molecule has 1 saturated carbocycles. The lowest BCUT2D eigenvalue weighted by Gasteiger charge is -2.22. The zero-order valence-electron chi connectivity index (χ0n) is 12.0. The van der Waals surface area contributed by atoms with Crippen molar-refractivity contribution in [1.29, 1.82) is 0 Å². The van der Waals surface area contributed by atoms with Gasteiger partial charge in [-0.3, -0.25) is 4.79 Å². The van der Waals surface area contributed by atoms with Crippen molar-refractivity contribution in [2.45, 2.75) is 38.1 Å². The molecule has 3 rings (SSSR count). The maximum atomic E-state index is 12.0. The van der Waals surface area contributed by atoms with Crippen LogP contribution in [-0.2, 0) is 4.79 Å². The summed E-state index contributed by atoms with van der Waals surface area (Å²) in [6, 6.07) is 8.09. The van der Waals surface area contributed by atoms with Gasteiger partial charge in [-0.2, -0.15) is 0 Å². The zero-order valence-corrected chi connectivity index (χ0v) is 12.8. The van der Waals surface area contributed by atoms with Crippen LogP contribution in [0.25, 0.3) is 0 Å². The molecule has 0 atom stereocenters. The molecule has 0 bridgehead atoms. The van der Waals surface area contributed by atoms with E-state index >= 15 is 0 Å². The van der Waals surface area contributed by atoms with Crippen LogP contribution in [0.15, 0.2) is 29.3 Å². The van der Waals surface area contributed by atoms with Crippen LogP contribution in [-0.4, -0.2) is 29.4 Å². The first-order valence-electron chi connectivity index (χ1n) is 7.53. The van der Waals surface area contributed by atoms with Gasteiger partial charge in [0.15, 0.2) is 0 Å². The Kier molecular flexibility index (Phi) is 4.80. The van der Waals surface area contributed by atoms with E-state index in [9.17, 15) is 4.79 Å². The summed E-state index contributed by atoms with van der Waals surface area (Å²) >= 11 is 1.47. The van der Waals surface area contributed by atoms with Gasteiger partial charge in [-0.15, -0.1) is 0 Å². The fraction of sp³-hybridized carbons (Fsp3) is 0.500. The molecule has 1 aliphatic heterocycles. The second-order valence-corrected chi connectivity index (χ2v) is 6.50. The second-order valence-electron chi connectivity index (χ2n) is 5.45. The van der Waals surface area contributed by atoms with Crippen LogP contribution in [0.5, 0.6) is 5.75 Å². The van der Waals surface area contributed by atoms with Crippen LogP contribution < -0.4 is 10.1 Å². The van der Waals surface area contributed by atoms with E-state index in [1.807, 2.05) is 24.3 Å². The predicted octanol–water partition coefficient (Wildman–Crippen LogP) is 3.29. The Bertz CT molecular complexity index is 539. The number of hydrogen-bond donors (Lipinski definition) is 1. The van der Waals surface area contributed by atoms with Crippen molar-refractivity contribution in [3.05, 3.63) is 24.3 Å².